The molecule has 1 atom stereocenters. The molecule has 4 rings (SSSR count). The average Bonchev–Trinajstić information content (AvgIpc) is 3.33. The van der Waals surface area contributed by atoms with Crippen molar-refractivity contribution in [2.24, 2.45) is 5.14 Å². The largest absolute Gasteiger partial charge is 0.493 e. The second-order valence-corrected chi connectivity index (χ2v) is 14.3. The SMILES string of the molecule is CCCCCCC(CC)c1nc(C)c2c(=O)[nH]c(-c3cc(S(=O)(=O)NCCc4ccc(S(N)(=O)=O)cc4)ccc3OCC)nn12. The van der Waals surface area contributed by atoms with Gasteiger partial charge in [-0.3, -0.25) is 4.79 Å². The van der Waals surface area contributed by atoms with Gasteiger partial charge >= 0.3 is 0 Å². The second kappa shape index (κ2) is 14.7. The molecule has 0 saturated heterocycles. The molecule has 2 aromatic carbocycles. The summed E-state index contributed by atoms with van der Waals surface area (Å²) >= 11 is 0. The molecule has 2 heterocycles. The summed E-state index contributed by atoms with van der Waals surface area (Å²) in [5, 5.41) is 9.93. The van der Waals surface area contributed by atoms with Crippen molar-refractivity contribution in [3.63, 3.8) is 0 Å². The lowest BCUT2D eigenvalue weighted by Gasteiger charge is -2.15. The monoisotopic (exact) mass is 658 g/mol. The Labute approximate surface area is 264 Å². The lowest BCUT2D eigenvalue weighted by Crippen LogP contribution is -2.26. The van der Waals surface area contributed by atoms with E-state index in [2.05, 4.69) is 23.6 Å². The molecule has 0 saturated carbocycles. The Bertz CT molecular complexity index is 1900. The molecule has 0 bridgehead atoms. The number of hydrogen-bond acceptors (Lipinski definition) is 8. The molecule has 12 nitrogen and oxygen atoms in total. The van der Waals surface area contributed by atoms with Gasteiger partial charge in [-0.2, -0.15) is 0 Å². The first-order chi connectivity index (χ1) is 21.4. The van der Waals surface area contributed by atoms with Crippen LogP contribution in [0.15, 0.2) is 57.1 Å². The van der Waals surface area contributed by atoms with Crippen molar-refractivity contribution in [1.29, 1.82) is 0 Å². The zero-order valence-electron chi connectivity index (χ0n) is 26.2. The minimum atomic E-state index is -3.97. The van der Waals surface area contributed by atoms with Crippen molar-refractivity contribution in [3.8, 4) is 17.1 Å². The Kier molecular flexibility index (Phi) is 11.2. The number of unbranched alkanes of at least 4 members (excludes halogenated alkanes) is 3. The molecule has 244 valence electrons. The quantitative estimate of drug-likeness (QED) is 0.148. The van der Waals surface area contributed by atoms with Crippen LogP contribution in [0.5, 0.6) is 5.75 Å². The van der Waals surface area contributed by atoms with Crippen molar-refractivity contribution in [2.45, 2.75) is 88.3 Å². The van der Waals surface area contributed by atoms with Crippen molar-refractivity contribution >= 4 is 25.6 Å². The Morgan fingerprint density at radius 3 is 2.36 bits per heavy atom. The summed E-state index contributed by atoms with van der Waals surface area (Å²) in [7, 11) is -7.79. The van der Waals surface area contributed by atoms with Gasteiger partial charge in [0.25, 0.3) is 5.56 Å². The summed E-state index contributed by atoms with van der Waals surface area (Å²) in [5.74, 6) is 1.37. The zero-order valence-corrected chi connectivity index (χ0v) is 27.8. The fraction of sp³-hybridized carbons (Fsp3) is 0.452. The molecular weight excluding hydrogens is 617 g/mol. The summed E-state index contributed by atoms with van der Waals surface area (Å²) in [6, 6.07) is 10.3. The second-order valence-electron chi connectivity index (χ2n) is 11.0. The summed E-state index contributed by atoms with van der Waals surface area (Å²) in [5.41, 5.74) is 1.63. The number of primary sulfonamides is 1. The molecule has 4 aromatic rings. The predicted octanol–water partition coefficient (Wildman–Crippen LogP) is 4.42. The standard InChI is InChI=1S/C31H42N6O6S2/c1-5-8-9-10-11-23(6-2)30-34-21(4)28-31(38)35-29(36-37(28)30)26-20-25(16-17-27(26)43-7-3)45(41,42)33-19-18-22-12-14-24(15-13-22)44(32,39)40/h12-17,20,23,33H,5-11,18-19H2,1-4H3,(H2,32,39,40)(H,35,36,38). The van der Waals surface area contributed by atoms with Crippen molar-refractivity contribution in [1.82, 2.24) is 24.3 Å². The number of aromatic nitrogens is 4. The van der Waals surface area contributed by atoms with Crippen molar-refractivity contribution < 1.29 is 21.6 Å². The number of fused-ring (bicyclic) bond motifs is 1. The Balaban J connectivity index is 1.65. The van der Waals surface area contributed by atoms with Gasteiger partial charge in [0.1, 0.15) is 11.6 Å². The summed E-state index contributed by atoms with van der Waals surface area (Å²) in [6.45, 7) is 8.26. The van der Waals surface area contributed by atoms with Gasteiger partial charge in [-0.25, -0.2) is 36.2 Å². The Hall–Kier alpha value is -3.59. The number of imidazole rings is 1. The molecule has 0 spiro atoms. The molecule has 4 N–H and O–H groups in total. The van der Waals surface area contributed by atoms with E-state index in [1.165, 1.54) is 30.7 Å². The van der Waals surface area contributed by atoms with Crippen LogP contribution in [0.3, 0.4) is 0 Å². The van der Waals surface area contributed by atoms with Gasteiger partial charge in [-0.1, -0.05) is 51.7 Å². The maximum Gasteiger partial charge on any atom is 0.277 e. The number of aromatic amines is 1. The van der Waals surface area contributed by atoms with Crippen LogP contribution in [0.2, 0.25) is 0 Å². The third-order valence-corrected chi connectivity index (χ3v) is 10.1. The van der Waals surface area contributed by atoms with E-state index < -0.39 is 20.0 Å². The highest BCUT2D eigenvalue weighted by Crippen LogP contribution is 2.31. The van der Waals surface area contributed by atoms with Gasteiger partial charge in [0.05, 0.1) is 27.7 Å². The number of H-pyrrole nitrogens is 1. The number of benzene rings is 2. The lowest BCUT2D eigenvalue weighted by molar-refractivity contribution is 0.341. The maximum absolute atomic E-state index is 13.4. The van der Waals surface area contributed by atoms with Crippen molar-refractivity contribution in [3.05, 3.63) is 69.9 Å². The van der Waals surface area contributed by atoms with Gasteiger partial charge in [-0.05, 0) is 69.0 Å². The highest BCUT2D eigenvalue weighted by atomic mass is 32.2. The van der Waals surface area contributed by atoms with E-state index in [9.17, 15) is 21.6 Å². The molecule has 0 aliphatic rings. The van der Waals surface area contributed by atoms with Gasteiger partial charge in [0, 0.05) is 12.5 Å². The van der Waals surface area contributed by atoms with E-state index in [0.717, 1.165) is 37.7 Å². The topological polar surface area (TPSA) is 179 Å². The molecule has 0 aliphatic carbocycles. The van der Waals surface area contributed by atoms with Crippen LogP contribution < -0.4 is 20.2 Å². The first kappa shape index (κ1) is 34.3. The number of nitrogens with two attached hydrogens (primary N) is 1. The highest BCUT2D eigenvalue weighted by molar-refractivity contribution is 7.89. The predicted molar refractivity (Wildman–Crippen MR) is 173 cm³/mol. The van der Waals surface area contributed by atoms with E-state index >= 15 is 0 Å². The van der Waals surface area contributed by atoms with Crippen LogP contribution in [-0.2, 0) is 26.5 Å². The van der Waals surface area contributed by atoms with Gasteiger partial charge < -0.3 is 9.72 Å². The van der Waals surface area contributed by atoms with Crippen LogP contribution in [0.4, 0.5) is 0 Å². The molecular formula is C31H42N6O6S2. The summed E-state index contributed by atoms with van der Waals surface area (Å²) in [6.07, 6.45) is 6.59. The van der Waals surface area contributed by atoms with Gasteiger partial charge in [0.2, 0.25) is 20.0 Å². The summed E-state index contributed by atoms with van der Waals surface area (Å²) in [4.78, 5) is 20.9. The molecule has 45 heavy (non-hydrogen) atoms. The smallest absolute Gasteiger partial charge is 0.277 e. The normalized spacial score (nSPS) is 12.9. The third-order valence-electron chi connectivity index (χ3n) is 7.74. The van der Waals surface area contributed by atoms with Crippen LogP contribution in [0.1, 0.15) is 82.3 Å². The first-order valence-corrected chi connectivity index (χ1v) is 18.3. The Morgan fingerprint density at radius 2 is 1.71 bits per heavy atom. The molecule has 0 aliphatic heterocycles. The number of ether oxygens (including phenoxy) is 1. The van der Waals surface area contributed by atoms with Crippen LogP contribution in [0.25, 0.3) is 16.9 Å². The highest BCUT2D eigenvalue weighted by Gasteiger charge is 2.23. The maximum atomic E-state index is 13.4. The number of rotatable bonds is 16. The molecule has 1 unspecified atom stereocenters. The first-order valence-electron chi connectivity index (χ1n) is 15.3. The minimum absolute atomic E-state index is 0.0197. The molecule has 0 radical (unpaired) electrons. The van der Waals surface area contributed by atoms with E-state index in [-0.39, 0.29) is 33.6 Å². The number of aryl methyl sites for hydroxylation is 1. The molecule has 0 fully saturated rings. The van der Waals surface area contributed by atoms with E-state index in [4.69, 9.17) is 20.0 Å². The zero-order chi connectivity index (χ0) is 32.8. The van der Waals surface area contributed by atoms with Gasteiger partial charge in [-0.15, -0.1) is 5.10 Å². The fourth-order valence-corrected chi connectivity index (χ4v) is 6.89. The lowest BCUT2D eigenvalue weighted by atomic mass is 9.97. The molecule has 0 amide bonds. The van der Waals surface area contributed by atoms with Crippen LogP contribution in [0, 0.1) is 6.92 Å². The van der Waals surface area contributed by atoms with Crippen LogP contribution in [-0.4, -0.2) is 49.6 Å². The number of hydrogen-bond donors (Lipinski definition) is 3. The molecule has 14 heteroatoms. The van der Waals surface area contributed by atoms with E-state index in [1.807, 2.05) is 6.92 Å². The van der Waals surface area contributed by atoms with Gasteiger partial charge in [0.15, 0.2) is 11.3 Å². The average molecular weight is 659 g/mol. The number of nitrogens with zero attached hydrogens (tertiary/aromatic N) is 3. The Morgan fingerprint density at radius 1 is 1.00 bits per heavy atom. The van der Waals surface area contributed by atoms with Crippen LogP contribution >= 0.6 is 0 Å². The number of nitrogens with one attached hydrogen (secondary N) is 2. The molecule has 2 aromatic heterocycles. The van der Waals surface area contributed by atoms with E-state index in [0.29, 0.717) is 41.4 Å². The van der Waals surface area contributed by atoms with E-state index in [1.54, 1.807) is 29.6 Å². The fourth-order valence-electron chi connectivity index (χ4n) is 5.31. The third kappa shape index (κ3) is 8.17. The number of sulfonamides is 2. The minimum Gasteiger partial charge on any atom is -0.493 e. The summed E-state index contributed by atoms with van der Waals surface area (Å²) < 4.78 is 59.6. The van der Waals surface area contributed by atoms with Crippen molar-refractivity contribution in [2.75, 3.05) is 13.2 Å².